The molecule has 0 radical (unpaired) electrons. The summed E-state index contributed by atoms with van der Waals surface area (Å²) in [6.45, 7) is 5.52. The summed E-state index contributed by atoms with van der Waals surface area (Å²) >= 11 is 5.96. The number of carbonyl (C=O) groups is 1. The van der Waals surface area contributed by atoms with E-state index in [0.29, 0.717) is 16.3 Å². The molecule has 19 heavy (non-hydrogen) atoms. The van der Waals surface area contributed by atoms with E-state index in [9.17, 15) is 4.79 Å². The molecular weight excluding hydrogens is 266 g/mol. The molecule has 0 saturated heterocycles. The molecule has 2 aromatic rings. The Kier molecular flexibility index (Phi) is 3.85. The second-order valence-corrected chi connectivity index (χ2v) is 4.70. The number of halogens is 1. The van der Waals surface area contributed by atoms with Crippen LogP contribution in [-0.2, 0) is 0 Å². The fourth-order valence-electron chi connectivity index (χ4n) is 2.00. The van der Waals surface area contributed by atoms with Crippen LogP contribution in [0.5, 0.6) is 0 Å². The highest BCUT2D eigenvalue weighted by atomic mass is 35.5. The van der Waals surface area contributed by atoms with Gasteiger partial charge in [0.2, 0.25) is 0 Å². The van der Waals surface area contributed by atoms with Crippen LogP contribution in [0.1, 0.15) is 40.3 Å². The minimum atomic E-state index is -0.273. The molecule has 6 heteroatoms. The molecule has 1 unspecified atom stereocenters. The summed E-state index contributed by atoms with van der Waals surface area (Å²) in [5.74, 6) is 0.424. The van der Waals surface area contributed by atoms with Gasteiger partial charge in [-0.15, -0.1) is 0 Å². The monoisotopic (exact) mass is 279 g/mol. The highest BCUT2D eigenvalue weighted by molar-refractivity contribution is 6.33. The highest BCUT2D eigenvalue weighted by Gasteiger charge is 2.19. The van der Waals surface area contributed by atoms with Gasteiger partial charge in [-0.2, -0.15) is 0 Å². The normalized spacial score (nSPS) is 12.2. The van der Waals surface area contributed by atoms with Gasteiger partial charge in [0.05, 0.1) is 22.3 Å². The van der Waals surface area contributed by atoms with E-state index in [0.717, 1.165) is 11.3 Å². The molecule has 0 aliphatic carbocycles. The lowest BCUT2D eigenvalue weighted by Crippen LogP contribution is -2.27. The SMILES string of the molecule is Cc1noc(C)c1C(C)NC(=O)c1cnccc1Cl. The predicted octanol–water partition coefficient (Wildman–Crippen LogP) is 2.83. The topological polar surface area (TPSA) is 68.0 Å². The molecule has 0 aromatic carbocycles. The first kappa shape index (κ1) is 13.5. The van der Waals surface area contributed by atoms with Gasteiger partial charge in [0.25, 0.3) is 5.91 Å². The number of carbonyl (C=O) groups excluding carboxylic acids is 1. The summed E-state index contributed by atoms with van der Waals surface area (Å²) in [4.78, 5) is 16.0. The summed E-state index contributed by atoms with van der Waals surface area (Å²) in [7, 11) is 0. The molecule has 0 aliphatic rings. The Labute approximate surface area is 116 Å². The molecule has 1 amide bonds. The van der Waals surface area contributed by atoms with E-state index in [1.165, 1.54) is 12.4 Å². The minimum Gasteiger partial charge on any atom is -0.361 e. The molecule has 0 aliphatic heterocycles. The van der Waals surface area contributed by atoms with Gasteiger partial charge in [0, 0.05) is 18.0 Å². The summed E-state index contributed by atoms with van der Waals surface area (Å²) in [6.07, 6.45) is 2.98. The Balaban J connectivity index is 2.18. The molecular formula is C13H14ClN3O2. The van der Waals surface area contributed by atoms with E-state index in [2.05, 4.69) is 15.5 Å². The molecule has 0 fully saturated rings. The summed E-state index contributed by atoms with van der Waals surface area (Å²) in [5, 5.41) is 7.10. The Bertz CT molecular complexity index is 590. The van der Waals surface area contributed by atoms with Gasteiger partial charge in [-0.3, -0.25) is 9.78 Å². The molecule has 0 bridgehead atoms. The number of hydrogen-bond acceptors (Lipinski definition) is 4. The Morgan fingerprint density at radius 1 is 1.47 bits per heavy atom. The molecule has 2 heterocycles. The van der Waals surface area contributed by atoms with Gasteiger partial charge in [0.15, 0.2) is 0 Å². The van der Waals surface area contributed by atoms with Crippen LogP contribution in [0.4, 0.5) is 0 Å². The van der Waals surface area contributed by atoms with Crippen molar-refractivity contribution in [2.45, 2.75) is 26.8 Å². The van der Waals surface area contributed by atoms with Gasteiger partial charge in [0.1, 0.15) is 5.76 Å². The van der Waals surface area contributed by atoms with Crippen molar-refractivity contribution in [1.29, 1.82) is 0 Å². The first-order chi connectivity index (χ1) is 9.00. The summed E-state index contributed by atoms with van der Waals surface area (Å²) < 4.78 is 5.09. The van der Waals surface area contributed by atoms with Crippen LogP contribution >= 0.6 is 11.6 Å². The van der Waals surface area contributed by atoms with Crippen molar-refractivity contribution >= 4 is 17.5 Å². The summed E-state index contributed by atoms with van der Waals surface area (Å²) in [6, 6.07) is 1.37. The molecule has 1 atom stereocenters. The van der Waals surface area contributed by atoms with Crippen LogP contribution < -0.4 is 5.32 Å². The number of nitrogens with one attached hydrogen (secondary N) is 1. The Morgan fingerprint density at radius 3 is 2.79 bits per heavy atom. The smallest absolute Gasteiger partial charge is 0.254 e. The quantitative estimate of drug-likeness (QED) is 0.938. The van der Waals surface area contributed by atoms with Crippen molar-refractivity contribution in [3.05, 3.63) is 46.1 Å². The second-order valence-electron chi connectivity index (χ2n) is 4.29. The first-order valence-corrected chi connectivity index (χ1v) is 6.21. The molecule has 5 nitrogen and oxygen atoms in total. The molecule has 2 rings (SSSR count). The van der Waals surface area contributed by atoms with Crippen molar-refractivity contribution < 1.29 is 9.32 Å². The van der Waals surface area contributed by atoms with Crippen molar-refractivity contribution in [1.82, 2.24) is 15.5 Å². The maximum atomic E-state index is 12.1. The van der Waals surface area contributed by atoms with Crippen molar-refractivity contribution in [3.8, 4) is 0 Å². The lowest BCUT2D eigenvalue weighted by atomic mass is 10.1. The Morgan fingerprint density at radius 2 is 2.21 bits per heavy atom. The van der Waals surface area contributed by atoms with E-state index in [-0.39, 0.29) is 11.9 Å². The standard InChI is InChI=1S/C13H14ClN3O2/c1-7(12-8(2)17-19-9(12)3)16-13(18)10-6-15-5-4-11(10)14/h4-7H,1-3H3,(H,16,18). The predicted molar refractivity (Wildman–Crippen MR) is 71.1 cm³/mol. The maximum absolute atomic E-state index is 12.1. The largest absolute Gasteiger partial charge is 0.361 e. The summed E-state index contributed by atoms with van der Waals surface area (Å²) in [5.41, 5.74) is 2.00. The Hall–Kier alpha value is -1.88. The zero-order valence-electron chi connectivity index (χ0n) is 10.9. The van der Waals surface area contributed by atoms with E-state index in [1.54, 1.807) is 6.07 Å². The van der Waals surface area contributed by atoms with Crippen molar-refractivity contribution in [2.75, 3.05) is 0 Å². The van der Waals surface area contributed by atoms with Crippen LogP contribution in [0.2, 0.25) is 5.02 Å². The number of aryl methyl sites for hydroxylation is 2. The lowest BCUT2D eigenvalue weighted by Gasteiger charge is -2.14. The number of hydrogen-bond donors (Lipinski definition) is 1. The van der Waals surface area contributed by atoms with Crippen LogP contribution in [0.3, 0.4) is 0 Å². The lowest BCUT2D eigenvalue weighted by molar-refractivity contribution is 0.0939. The molecule has 0 spiro atoms. The van der Waals surface area contributed by atoms with E-state index in [4.69, 9.17) is 16.1 Å². The highest BCUT2D eigenvalue weighted by Crippen LogP contribution is 2.22. The van der Waals surface area contributed by atoms with Crippen LogP contribution in [0.15, 0.2) is 23.0 Å². The average molecular weight is 280 g/mol. The number of aromatic nitrogens is 2. The molecule has 100 valence electrons. The molecule has 0 saturated carbocycles. The van der Waals surface area contributed by atoms with E-state index < -0.39 is 0 Å². The second kappa shape index (κ2) is 5.40. The van der Waals surface area contributed by atoms with Gasteiger partial charge < -0.3 is 9.84 Å². The van der Waals surface area contributed by atoms with Crippen LogP contribution in [0.25, 0.3) is 0 Å². The first-order valence-electron chi connectivity index (χ1n) is 5.84. The van der Waals surface area contributed by atoms with Gasteiger partial charge in [-0.25, -0.2) is 0 Å². The van der Waals surface area contributed by atoms with Gasteiger partial charge >= 0.3 is 0 Å². The van der Waals surface area contributed by atoms with Crippen LogP contribution in [-0.4, -0.2) is 16.0 Å². The zero-order chi connectivity index (χ0) is 14.0. The zero-order valence-corrected chi connectivity index (χ0v) is 11.7. The number of amides is 1. The van der Waals surface area contributed by atoms with Crippen LogP contribution in [0, 0.1) is 13.8 Å². The average Bonchev–Trinajstić information content (AvgIpc) is 2.69. The van der Waals surface area contributed by atoms with Crippen molar-refractivity contribution in [2.24, 2.45) is 0 Å². The van der Waals surface area contributed by atoms with E-state index >= 15 is 0 Å². The number of pyridine rings is 1. The van der Waals surface area contributed by atoms with Crippen molar-refractivity contribution in [3.63, 3.8) is 0 Å². The van der Waals surface area contributed by atoms with E-state index in [1.807, 2.05) is 20.8 Å². The number of rotatable bonds is 3. The maximum Gasteiger partial charge on any atom is 0.254 e. The third-order valence-electron chi connectivity index (χ3n) is 2.88. The minimum absolute atomic E-state index is 0.213. The fraction of sp³-hybridized carbons (Fsp3) is 0.308. The number of nitrogens with zero attached hydrogens (tertiary/aromatic N) is 2. The molecule has 2 aromatic heterocycles. The molecule has 1 N–H and O–H groups in total. The van der Waals surface area contributed by atoms with Gasteiger partial charge in [-0.05, 0) is 26.8 Å². The third-order valence-corrected chi connectivity index (χ3v) is 3.21. The van der Waals surface area contributed by atoms with Gasteiger partial charge in [-0.1, -0.05) is 16.8 Å². The third kappa shape index (κ3) is 2.76. The fourth-order valence-corrected chi connectivity index (χ4v) is 2.19.